The summed E-state index contributed by atoms with van der Waals surface area (Å²) < 4.78 is 0. The van der Waals surface area contributed by atoms with Gasteiger partial charge in [-0.15, -0.1) is 37.2 Å². The van der Waals surface area contributed by atoms with E-state index in [9.17, 15) is 14.7 Å². The van der Waals surface area contributed by atoms with Crippen LogP contribution in [0.1, 0.15) is 23.7 Å². The van der Waals surface area contributed by atoms with Crippen molar-refractivity contribution < 1.29 is 14.7 Å². The number of anilines is 3. The van der Waals surface area contributed by atoms with E-state index < -0.39 is 5.97 Å². The van der Waals surface area contributed by atoms with Crippen molar-refractivity contribution in [1.82, 2.24) is 4.98 Å². The van der Waals surface area contributed by atoms with E-state index in [1.54, 1.807) is 31.2 Å². The number of carboxylic acid groups (broad SMARTS) is 1. The van der Waals surface area contributed by atoms with E-state index in [1.165, 1.54) is 0 Å². The molecule has 0 unspecified atom stereocenters. The normalized spacial score (nSPS) is 12.8. The highest BCUT2D eigenvalue weighted by Crippen LogP contribution is 2.27. The van der Waals surface area contributed by atoms with Crippen LogP contribution >= 0.6 is 48.8 Å². The number of aromatic nitrogens is 1. The van der Waals surface area contributed by atoms with Gasteiger partial charge in [0, 0.05) is 54.4 Å². The number of nitrogens with one attached hydrogen (secondary N) is 1. The van der Waals surface area contributed by atoms with Crippen molar-refractivity contribution in [3.05, 3.63) is 59.1 Å². The maximum atomic E-state index is 12.0. The lowest BCUT2D eigenvalue weighted by molar-refractivity contribution is -0.115. The quantitative estimate of drug-likeness (QED) is 0.437. The van der Waals surface area contributed by atoms with E-state index in [-0.39, 0.29) is 48.7 Å². The lowest BCUT2D eigenvalue weighted by atomic mass is 10.1. The Morgan fingerprint density at radius 2 is 1.59 bits per heavy atom. The van der Waals surface area contributed by atoms with Gasteiger partial charge < -0.3 is 20.2 Å². The molecule has 11 heteroatoms. The number of hydrogen-bond acceptors (Lipinski definition) is 5. The highest BCUT2D eigenvalue weighted by Gasteiger charge is 2.21. The molecule has 1 fully saturated rings. The number of pyridine rings is 1. The summed E-state index contributed by atoms with van der Waals surface area (Å²) in [5, 5.41) is 13.8. The van der Waals surface area contributed by atoms with Crippen LogP contribution in [0.25, 0.3) is 10.9 Å². The zero-order chi connectivity index (χ0) is 22.0. The summed E-state index contributed by atoms with van der Waals surface area (Å²) in [5.41, 5.74) is 2.44. The van der Waals surface area contributed by atoms with E-state index >= 15 is 0 Å². The van der Waals surface area contributed by atoms with Gasteiger partial charge in [-0.05, 0) is 48.5 Å². The van der Waals surface area contributed by atoms with Crippen molar-refractivity contribution in [3.8, 4) is 0 Å². The number of halogens is 4. The lowest BCUT2D eigenvalue weighted by Gasteiger charge is -2.37. The second kappa shape index (κ2) is 12.9. The molecule has 1 aliphatic rings. The number of aromatic carboxylic acids is 1. The van der Waals surface area contributed by atoms with Crippen LogP contribution in [0.15, 0.2) is 48.5 Å². The monoisotopic (exact) mass is 546 g/mol. The molecule has 0 atom stereocenters. The average molecular weight is 548 g/mol. The van der Waals surface area contributed by atoms with Crippen LogP contribution in [0.2, 0.25) is 5.02 Å². The van der Waals surface area contributed by atoms with Gasteiger partial charge >= 0.3 is 5.97 Å². The Labute approximate surface area is 221 Å². The minimum Gasteiger partial charge on any atom is -0.478 e. The molecule has 4 rings (SSSR count). The molecular weight excluding hydrogens is 522 g/mol. The molecule has 2 N–H and O–H groups in total. The van der Waals surface area contributed by atoms with Gasteiger partial charge in [0.2, 0.25) is 5.91 Å². The first kappa shape index (κ1) is 29.6. The van der Waals surface area contributed by atoms with Gasteiger partial charge in [0.1, 0.15) is 5.82 Å². The minimum absolute atomic E-state index is 0. The number of fused-ring (bicyclic) bond motifs is 1. The SMILES string of the molecule is CCC(=O)Nc1ccc2nc(N3CCN(c4ccc(Cl)cc4)CC3)cc(C(=O)O)c2c1.Cl.Cl.Cl. The maximum Gasteiger partial charge on any atom is 0.336 e. The van der Waals surface area contributed by atoms with Crippen LogP contribution in [0.5, 0.6) is 0 Å². The molecule has 1 saturated heterocycles. The number of hydrogen-bond donors (Lipinski definition) is 2. The fraction of sp³-hybridized carbons (Fsp3) is 0.261. The van der Waals surface area contributed by atoms with E-state index in [2.05, 4.69) is 15.1 Å². The molecule has 0 saturated carbocycles. The number of rotatable bonds is 5. The largest absolute Gasteiger partial charge is 0.478 e. The first-order valence-electron chi connectivity index (χ1n) is 10.2. The molecule has 2 heterocycles. The van der Waals surface area contributed by atoms with Gasteiger partial charge in [0.15, 0.2) is 0 Å². The molecule has 34 heavy (non-hydrogen) atoms. The Morgan fingerprint density at radius 3 is 2.18 bits per heavy atom. The number of benzene rings is 2. The fourth-order valence-corrected chi connectivity index (χ4v) is 3.85. The summed E-state index contributed by atoms with van der Waals surface area (Å²) >= 11 is 5.98. The maximum absolute atomic E-state index is 12.0. The summed E-state index contributed by atoms with van der Waals surface area (Å²) in [6.07, 6.45) is 0.350. The predicted molar refractivity (Wildman–Crippen MR) is 145 cm³/mol. The third kappa shape index (κ3) is 6.57. The molecular formula is C23H26Cl4N4O3. The molecule has 2 aromatic carbocycles. The van der Waals surface area contributed by atoms with Crippen molar-refractivity contribution >= 4 is 88.8 Å². The van der Waals surface area contributed by atoms with E-state index in [0.717, 1.165) is 31.9 Å². The highest BCUT2D eigenvalue weighted by atomic mass is 35.5. The summed E-state index contributed by atoms with van der Waals surface area (Å²) in [4.78, 5) is 32.7. The van der Waals surface area contributed by atoms with Crippen molar-refractivity contribution in [2.24, 2.45) is 0 Å². The Bertz CT molecular complexity index is 1140. The Morgan fingerprint density at radius 1 is 0.971 bits per heavy atom. The molecule has 0 spiro atoms. The minimum atomic E-state index is -1.02. The van der Waals surface area contributed by atoms with Crippen LogP contribution in [-0.4, -0.2) is 48.1 Å². The van der Waals surface area contributed by atoms with E-state index in [0.29, 0.717) is 33.9 Å². The number of piperazine rings is 1. The zero-order valence-electron chi connectivity index (χ0n) is 18.4. The lowest BCUT2D eigenvalue weighted by Crippen LogP contribution is -2.46. The Hall–Kier alpha value is -2.45. The Kier molecular flexibility index (Phi) is 11.2. The third-order valence-corrected chi connectivity index (χ3v) is 5.68. The first-order valence-corrected chi connectivity index (χ1v) is 10.6. The van der Waals surface area contributed by atoms with Gasteiger partial charge in [-0.25, -0.2) is 9.78 Å². The number of nitrogens with zero attached hydrogens (tertiary/aromatic N) is 3. The smallest absolute Gasteiger partial charge is 0.336 e. The van der Waals surface area contributed by atoms with Crippen LogP contribution in [0.3, 0.4) is 0 Å². The molecule has 0 aliphatic carbocycles. The van der Waals surface area contributed by atoms with Crippen molar-refractivity contribution in [2.75, 3.05) is 41.3 Å². The third-order valence-electron chi connectivity index (χ3n) is 5.43. The van der Waals surface area contributed by atoms with Crippen LogP contribution in [0.4, 0.5) is 17.2 Å². The molecule has 7 nitrogen and oxygen atoms in total. The van der Waals surface area contributed by atoms with E-state index in [4.69, 9.17) is 16.6 Å². The molecule has 0 radical (unpaired) electrons. The fourth-order valence-electron chi connectivity index (χ4n) is 3.72. The van der Waals surface area contributed by atoms with Crippen LogP contribution in [0, 0.1) is 0 Å². The summed E-state index contributed by atoms with van der Waals surface area (Å²) in [7, 11) is 0. The molecule has 1 aliphatic heterocycles. The second-order valence-electron chi connectivity index (χ2n) is 7.42. The van der Waals surface area contributed by atoms with E-state index in [1.807, 2.05) is 24.3 Å². The first-order chi connectivity index (χ1) is 14.9. The summed E-state index contributed by atoms with van der Waals surface area (Å²) in [5.74, 6) is -0.502. The summed E-state index contributed by atoms with van der Waals surface area (Å²) in [6, 6.07) is 14.6. The molecule has 1 amide bonds. The molecule has 1 aromatic heterocycles. The van der Waals surface area contributed by atoms with Crippen molar-refractivity contribution in [3.63, 3.8) is 0 Å². The van der Waals surface area contributed by atoms with Crippen molar-refractivity contribution in [1.29, 1.82) is 0 Å². The number of carboxylic acids is 1. The van der Waals surface area contributed by atoms with Gasteiger partial charge in [-0.1, -0.05) is 18.5 Å². The number of amides is 1. The number of carbonyl (C=O) groups is 2. The van der Waals surface area contributed by atoms with Crippen molar-refractivity contribution in [2.45, 2.75) is 13.3 Å². The van der Waals surface area contributed by atoms with Crippen LogP contribution < -0.4 is 15.1 Å². The molecule has 3 aromatic rings. The van der Waals surface area contributed by atoms with Gasteiger partial charge in [0.05, 0.1) is 11.1 Å². The van der Waals surface area contributed by atoms with Crippen LogP contribution in [-0.2, 0) is 4.79 Å². The molecule has 0 bridgehead atoms. The zero-order valence-corrected chi connectivity index (χ0v) is 21.6. The molecule has 184 valence electrons. The standard InChI is InChI=1S/C23H23ClN4O3.3ClH/c1-2-22(29)25-16-5-8-20-18(13-16)19(23(30)31)14-21(26-20)28-11-9-27(10-12-28)17-6-3-15(24)4-7-17;;;/h3-8,13-14H,2,9-12H2,1H3,(H,25,29)(H,30,31);3*1H. The van der Waals surface area contributed by atoms with Gasteiger partial charge in [-0.2, -0.15) is 0 Å². The topological polar surface area (TPSA) is 85.8 Å². The average Bonchev–Trinajstić information content (AvgIpc) is 2.78. The Balaban J connectivity index is 0.00000193. The second-order valence-corrected chi connectivity index (χ2v) is 7.85. The van der Waals surface area contributed by atoms with Gasteiger partial charge in [0.25, 0.3) is 0 Å². The predicted octanol–water partition coefficient (Wildman–Crippen LogP) is 5.53. The van der Waals surface area contributed by atoms with Gasteiger partial charge in [-0.3, -0.25) is 4.79 Å². The highest BCUT2D eigenvalue weighted by molar-refractivity contribution is 6.30. The number of carbonyl (C=O) groups excluding carboxylic acids is 1. The summed E-state index contributed by atoms with van der Waals surface area (Å²) in [6.45, 7) is 4.81.